The summed E-state index contributed by atoms with van der Waals surface area (Å²) in [5, 5.41) is 24.1. The zero-order valence-corrected chi connectivity index (χ0v) is 23.6. The van der Waals surface area contributed by atoms with E-state index in [0.717, 1.165) is 18.4 Å². The Morgan fingerprint density at radius 2 is 1.82 bits per heavy atom. The number of allylic oxidation sites excluding steroid dienone is 4. The number of benzene rings is 1. The van der Waals surface area contributed by atoms with Crippen molar-refractivity contribution in [2.75, 3.05) is 6.54 Å². The Bertz CT molecular complexity index is 1310. The van der Waals surface area contributed by atoms with Gasteiger partial charge >= 0.3 is 5.97 Å². The van der Waals surface area contributed by atoms with Crippen LogP contribution in [0.15, 0.2) is 48.1 Å². The van der Waals surface area contributed by atoms with Crippen molar-refractivity contribution in [3.05, 3.63) is 59.2 Å². The zero-order chi connectivity index (χ0) is 28.9. The van der Waals surface area contributed by atoms with Gasteiger partial charge in [0, 0.05) is 35.8 Å². The maximum absolute atomic E-state index is 17.6. The predicted octanol–water partition coefficient (Wildman–Crippen LogP) is 5.14. The van der Waals surface area contributed by atoms with Crippen LogP contribution in [0.1, 0.15) is 64.5 Å². The van der Waals surface area contributed by atoms with E-state index >= 15 is 8.78 Å². The number of alkyl halides is 2. The molecule has 2 N–H and O–H groups in total. The summed E-state index contributed by atoms with van der Waals surface area (Å²) < 4.78 is 33.4. The van der Waals surface area contributed by atoms with Crippen molar-refractivity contribution in [3.63, 3.8) is 0 Å². The maximum atomic E-state index is 17.6. The lowest BCUT2D eigenvalue weighted by Gasteiger charge is -2.66. The number of nitrogens with zero attached hydrogens (tertiary/aromatic N) is 1. The van der Waals surface area contributed by atoms with Gasteiger partial charge in [0.1, 0.15) is 6.17 Å². The molecule has 4 fully saturated rings. The molecular formula is C32H39F2NO5. The summed E-state index contributed by atoms with van der Waals surface area (Å²) in [5.74, 6) is -2.98. The molecule has 216 valence electrons. The molecule has 1 aromatic carbocycles. The van der Waals surface area contributed by atoms with Crippen LogP contribution in [-0.4, -0.2) is 57.1 Å². The average molecular weight is 556 g/mol. The van der Waals surface area contributed by atoms with Crippen LogP contribution in [0.25, 0.3) is 0 Å². The minimum atomic E-state index is -2.27. The Kier molecular flexibility index (Phi) is 6.10. The molecule has 9 atom stereocenters. The van der Waals surface area contributed by atoms with Crippen molar-refractivity contribution in [3.8, 4) is 0 Å². The molecule has 6 nitrogen and oxygen atoms in total. The number of halogens is 2. The first kappa shape index (κ1) is 27.7. The van der Waals surface area contributed by atoms with E-state index in [0.29, 0.717) is 19.5 Å². The standard InChI is InChI=1S/C32H39F2NO5/c1-5-6-19-7-9-20(10-8-19)17-35-18-21-15-29(3)25-14-24(33)23-13-22(36)11-12-28(23,2)31(25,34)26(37)16-30(29,4)32(21,40-35)27(38)39/h7-13,21,24-26,37H,5-6,14-18H2,1-4H3,(H,38,39)/t21-,24-,25-,26-,28-,29-,30-,31-,32-/m0/s1. The fourth-order valence-corrected chi connectivity index (χ4v) is 9.54. The summed E-state index contributed by atoms with van der Waals surface area (Å²) in [6.45, 7) is 8.08. The number of hydroxylamine groups is 2. The number of carbonyl (C=O) groups excluding carboxylic acids is 1. The Hall–Kier alpha value is -2.42. The summed E-state index contributed by atoms with van der Waals surface area (Å²) in [5.41, 5.74) is -5.34. The summed E-state index contributed by atoms with van der Waals surface area (Å²) >= 11 is 0. The number of aliphatic hydroxyl groups excluding tert-OH is 1. The highest BCUT2D eigenvalue weighted by Crippen LogP contribution is 2.77. The SMILES string of the molecule is CCCc1ccc(CN2C[C@@H]3C[C@@]4(C)[C@@H]5C[C@H](F)C6=CC(=O)C=C[C@]6(C)[C@@]5(F)[C@@H](O)C[C@]4(C)[C@]3(C(=O)O)O2)cc1. The third-order valence-corrected chi connectivity index (χ3v) is 11.7. The van der Waals surface area contributed by atoms with E-state index in [4.69, 9.17) is 4.84 Å². The molecule has 0 amide bonds. The Morgan fingerprint density at radius 3 is 2.48 bits per heavy atom. The zero-order valence-electron chi connectivity index (χ0n) is 23.6. The van der Waals surface area contributed by atoms with Crippen LogP contribution >= 0.6 is 0 Å². The quantitative estimate of drug-likeness (QED) is 0.523. The van der Waals surface area contributed by atoms with Gasteiger partial charge in [-0.1, -0.05) is 57.5 Å². The number of carboxylic acids is 1. The highest BCUT2D eigenvalue weighted by atomic mass is 19.1. The molecule has 1 heterocycles. The normalized spacial score (nSPS) is 45.9. The van der Waals surface area contributed by atoms with Crippen molar-refractivity contribution < 1.29 is 33.4 Å². The maximum Gasteiger partial charge on any atom is 0.339 e. The van der Waals surface area contributed by atoms with Gasteiger partial charge in [-0.15, -0.1) is 0 Å². The van der Waals surface area contributed by atoms with E-state index in [1.165, 1.54) is 23.8 Å². The lowest BCUT2D eigenvalue weighted by Crippen LogP contribution is -2.73. The van der Waals surface area contributed by atoms with Gasteiger partial charge in [-0.05, 0) is 66.9 Å². The first-order chi connectivity index (χ1) is 18.8. The second-order valence-corrected chi connectivity index (χ2v) is 13.5. The topological polar surface area (TPSA) is 87.1 Å². The summed E-state index contributed by atoms with van der Waals surface area (Å²) in [4.78, 5) is 31.7. The largest absolute Gasteiger partial charge is 0.479 e. The number of aryl methyl sites for hydroxylation is 1. The van der Waals surface area contributed by atoms with E-state index in [1.807, 2.05) is 19.1 Å². The fourth-order valence-electron chi connectivity index (χ4n) is 9.54. The fraction of sp³-hybridized carbons (Fsp3) is 0.625. The van der Waals surface area contributed by atoms with Crippen LogP contribution in [-0.2, 0) is 27.4 Å². The van der Waals surface area contributed by atoms with Gasteiger partial charge in [0.2, 0.25) is 0 Å². The summed E-state index contributed by atoms with van der Waals surface area (Å²) in [6.07, 6.45) is 2.67. The van der Waals surface area contributed by atoms with Gasteiger partial charge in [0.25, 0.3) is 0 Å². The van der Waals surface area contributed by atoms with Gasteiger partial charge in [-0.3, -0.25) is 9.63 Å². The van der Waals surface area contributed by atoms with Gasteiger partial charge in [0.05, 0.1) is 6.10 Å². The molecule has 0 unspecified atom stereocenters. The molecule has 0 radical (unpaired) electrons. The second kappa shape index (κ2) is 8.79. The van der Waals surface area contributed by atoms with Crippen molar-refractivity contribution in [1.29, 1.82) is 0 Å². The van der Waals surface area contributed by atoms with Crippen molar-refractivity contribution in [2.24, 2.45) is 28.1 Å². The third kappa shape index (κ3) is 3.24. The van der Waals surface area contributed by atoms with E-state index in [1.54, 1.807) is 18.9 Å². The minimum Gasteiger partial charge on any atom is -0.479 e. The molecule has 4 aliphatic carbocycles. The molecular weight excluding hydrogens is 516 g/mol. The average Bonchev–Trinajstić information content (AvgIpc) is 3.34. The molecule has 0 spiro atoms. The van der Waals surface area contributed by atoms with Crippen LogP contribution in [0.4, 0.5) is 8.78 Å². The number of carboxylic acid groups (broad SMARTS) is 1. The van der Waals surface area contributed by atoms with Crippen molar-refractivity contribution >= 4 is 11.8 Å². The van der Waals surface area contributed by atoms with Crippen molar-refractivity contribution in [1.82, 2.24) is 5.06 Å². The number of hydrogen-bond acceptors (Lipinski definition) is 5. The Morgan fingerprint density at radius 1 is 1.15 bits per heavy atom. The molecule has 8 heteroatoms. The van der Waals surface area contributed by atoms with Crippen LogP contribution in [0.5, 0.6) is 0 Å². The van der Waals surface area contributed by atoms with E-state index < -0.39 is 63.4 Å². The first-order valence-corrected chi connectivity index (χ1v) is 14.5. The number of rotatable bonds is 5. The number of ketones is 1. The molecule has 6 rings (SSSR count). The third-order valence-electron chi connectivity index (χ3n) is 11.7. The van der Waals surface area contributed by atoms with Crippen LogP contribution in [0, 0.1) is 28.1 Å². The van der Waals surface area contributed by atoms with Crippen LogP contribution in [0.3, 0.4) is 0 Å². The van der Waals surface area contributed by atoms with E-state index in [-0.39, 0.29) is 18.4 Å². The lowest BCUT2D eigenvalue weighted by atomic mass is 9.40. The van der Waals surface area contributed by atoms with Gasteiger partial charge < -0.3 is 10.2 Å². The monoisotopic (exact) mass is 555 g/mol. The number of aliphatic carboxylic acids is 1. The van der Waals surface area contributed by atoms with Gasteiger partial charge in [0.15, 0.2) is 17.1 Å². The molecule has 40 heavy (non-hydrogen) atoms. The summed E-state index contributed by atoms with van der Waals surface area (Å²) in [6, 6.07) is 8.21. The molecule has 1 saturated heterocycles. The lowest BCUT2D eigenvalue weighted by molar-refractivity contribution is -0.294. The molecule has 1 aromatic rings. The smallest absolute Gasteiger partial charge is 0.339 e. The number of fused-ring (bicyclic) bond motifs is 7. The minimum absolute atomic E-state index is 0.0588. The molecule has 1 aliphatic heterocycles. The molecule has 0 aromatic heterocycles. The van der Waals surface area contributed by atoms with Crippen LogP contribution < -0.4 is 0 Å². The van der Waals surface area contributed by atoms with Gasteiger partial charge in [-0.2, -0.15) is 5.06 Å². The van der Waals surface area contributed by atoms with E-state index in [9.17, 15) is 19.8 Å². The predicted molar refractivity (Wildman–Crippen MR) is 144 cm³/mol. The summed E-state index contributed by atoms with van der Waals surface area (Å²) in [7, 11) is 0. The highest BCUT2D eigenvalue weighted by Gasteiger charge is 2.83. The highest BCUT2D eigenvalue weighted by molar-refractivity contribution is 6.01. The number of carbonyl (C=O) groups is 2. The molecule has 0 bridgehead atoms. The number of aliphatic hydroxyl groups is 1. The van der Waals surface area contributed by atoms with E-state index in [2.05, 4.69) is 19.1 Å². The van der Waals surface area contributed by atoms with Crippen molar-refractivity contribution in [2.45, 2.75) is 89.9 Å². The second-order valence-electron chi connectivity index (χ2n) is 13.5. The van der Waals surface area contributed by atoms with Gasteiger partial charge in [-0.25, -0.2) is 13.6 Å². The Balaban J connectivity index is 1.37. The van der Waals surface area contributed by atoms with Crippen LogP contribution in [0.2, 0.25) is 0 Å². The molecule has 5 aliphatic rings. The number of hydrogen-bond donors (Lipinski definition) is 2. The first-order valence-electron chi connectivity index (χ1n) is 14.5. The molecule has 3 saturated carbocycles. The Labute approximate surface area is 234 Å².